The molecule has 0 bridgehead atoms. The highest BCUT2D eigenvalue weighted by Gasteiger charge is 2.27. The number of fused-ring (bicyclic) bond motifs is 1. The SMILES string of the molecule is Cc1nc2c(c(=O)[nH]1)CN(C(=O)COC[C@H]1CCCO1)C2. The Morgan fingerprint density at radius 1 is 1.52 bits per heavy atom. The van der Waals surface area contributed by atoms with Gasteiger partial charge in [-0.25, -0.2) is 4.98 Å². The summed E-state index contributed by atoms with van der Waals surface area (Å²) in [7, 11) is 0. The Bertz CT molecular complexity index is 592. The van der Waals surface area contributed by atoms with Gasteiger partial charge in [0, 0.05) is 6.61 Å². The molecule has 1 N–H and O–H groups in total. The molecule has 3 rings (SSSR count). The van der Waals surface area contributed by atoms with Crippen LogP contribution < -0.4 is 5.56 Å². The summed E-state index contributed by atoms with van der Waals surface area (Å²) in [6.45, 7) is 3.66. The minimum Gasteiger partial charge on any atom is -0.376 e. The number of H-pyrrole nitrogens is 1. The molecule has 21 heavy (non-hydrogen) atoms. The van der Waals surface area contributed by atoms with Crippen LogP contribution in [0.25, 0.3) is 0 Å². The molecule has 1 aromatic heterocycles. The third kappa shape index (κ3) is 3.14. The van der Waals surface area contributed by atoms with E-state index in [0.29, 0.717) is 36.8 Å². The zero-order valence-corrected chi connectivity index (χ0v) is 12.1. The number of rotatable bonds is 4. The van der Waals surface area contributed by atoms with Crippen LogP contribution in [0.5, 0.6) is 0 Å². The Morgan fingerprint density at radius 3 is 3.14 bits per heavy atom. The molecular weight excluding hydrogens is 274 g/mol. The monoisotopic (exact) mass is 293 g/mol. The first-order chi connectivity index (χ1) is 10.1. The van der Waals surface area contributed by atoms with Gasteiger partial charge in [0.25, 0.3) is 5.56 Å². The van der Waals surface area contributed by atoms with E-state index in [1.165, 1.54) is 0 Å². The van der Waals surface area contributed by atoms with E-state index < -0.39 is 0 Å². The number of carbonyl (C=O) groups is 1. The summed E-state index contributed by atoms with van der Waals surface area (Å²) in [6.07, 6.45) is 2.15. The molecule has 114 valence electrons. The average molecular weight is 293 g/mol. The zero-order valence-electron chi connectivity index (χ0n) is 12.1. The summed E-state index contributed by atoms with van der Waals surface area (Å²) in [4.78, 5) is 32.4. The van der Waals surface area contributed by atoms with Crippen LogP contribution in [0.2, 0.25) is 0 Å². The zero-order chi connectivity index (χ0) is 14.8. The maximum absolute atomic E-state index is 12.1. The fourth-order valence-electron chi connectivity index (χ4n) is 2.71. The number of hydrogen-bond acceptors (Lipinski definition) is 5. The van der Waals surface area contributed by atoms with Gasteiger partial charge in [-0.15, -0.1) is 0 Å². The van der Waals surface area contributed by atoms with E-state index in [2.05, 4.69) is 9.97 Å². The Morgan fingerprint density at radius 2 is 2.38 bits per heavy atom. The van der Waals surface area contributed by atoms with E-state index in [4.69, 9.17) is 9.47 Å². The average Bonchev–Trinajstić information content (AvgIpc) is 3.07. The Labute approximate surface area is 122 Å². The minimum absolute atomic E-state index is 0.0186. The Kier molecular flexibility index (Phi) is 4.03. The predicted octanol–water partition coefficient (Wildman–Crippen LogP) is 0.116. The van der Waals surface area contributed by atoms with Crippen molar-refractivity contribution in [1.29, 1.82) is 0 Å². The Hall–Kier alpha value is -1.73. The van der Waals surface area contributed by atoms with Crippen LogP contribution in [-0.4, -0.2) is 46.7 Å². The first-order valence-electron chi connectivity index (χ1n) is 7.19. The highest BCUT2D eigenvalue weighted by Crippen LogP contribution is 2.18. The van der Waals surface area contributed by atoms with E-state index >= 15 is 0 Å². The van der Waals surface area contributed by atoms with Gasteiger partial charge in [0.1, 0.15) is 12.4 Å². The molecule has 0 aromatic carbocycles. The van der Waals surface area contributed by atoms with Crippen LogP contribution in [0.1, 0.15) is 29.9 Å². The number of hydrogen-bond donors (Lipinski definition) is 1. The second-order valence-corrected chi connectivity index (χ2v) is 5.48. The van der Waals surface area contributed by atoms with Gasteiger partial charge in [0.05, 0.1) is 37.1 Å². The van der Waals surface area contributed by atoms with E-state index in [-0.39, 0.29) is 24.2 Å². The summed E-state index contributed by atoms with van der Waals surface area (Å²) in [6, 6.07) is 0. The molecule has 0 saturated carbocycles. The molecular formula is C14H19N3O4. The number of aromatic amines is 1. The van der Waals surface area contributed by atoms with Crippen molar-refractivity contribution in [2.45, 2.75) is 39.0 Å². The van der Waals surface area contributed by atoms with Gasteiger partial charge in [-0.1, -0.05) is 0 Å². The summed E-state index contributed by atoms with van der Waals surface area (Å²) >= 11 is 0. The van der Waals surface area contributed by atoms with Crippen molar-refractivity contribution < 1.29 is 14.3 Å². The predicted molar refractivity (Wildman–Crippen MR) is 73.6 cm³/mol. The molecule has 0 unspecified atom stereocenters. The van der Waals surface area contributed by atoms with Crippen molar-refractivity contribution >= 4 is 5.91 Å². The molecule has 7 nitrogen and oxygen atoms in total. The molecule has 1 fully saturated rings. The summed E-state index contributed by atoms with van der Waals surface area (Å²) < 4.78 is 10.9. The number of ether oxygens (including phenoxy) is 2. The van der Waals surface area contributed by atoms with E-state index in [1.807, 2.05) is 0 Å². The lowest BCUT2D eigenvalue weighted by molar-refractivity contribution is -0.137. The second-order valence-electron chi connectivity index (χ2n) is 5.48. The van der Waals surface area contributed by atoms with E-state index in [1.54, 1.807) is 11.8 Å². The minimum atomic E-state index is -0.159. The largest absolute Gasteiger partial charge is 0.376 e. The maximum Gasteiger partial charge on any atom is 0.256 e. The molecule has 0 spiro atoms. The van der Waals surface area contributed by atoms with Gasteiger partial charge in [-0.05, 0) is 19.8 Å². The van der Waals surface area contributed by atoms with Crippen molar-refractivity contribution in [3.05, 3.63) is 27.4 Å². The van der Waals surface area contributed by atoms with Gasteiger partial charge < -0.3 is 19.4 Å². The lowest BCUT2D eigenvalue weighted by Gasteiger charge is -2.16. The molecule has 1 atom stereocenters. The van der Waals surface area contributed by atoms with E-state index in [9.17, 15) is 9.59 Å². The lowest BCUT2D eigenvalue weighted by atomic mass is 10.2. The normalized spacial score (nSPS) is 20.8. The molecule has 2 aliphatic heterocycles. The fraction of sp³-hybridized carbons (Fsp3) is 0.643. The van der Waals surface area contributed by atoms with Gasteiger partial charge in [0.15, 0.2) is 0 Å². The molecule has 7 heteroatoms. The lowest BCUT2D eigenvalue weighted by Crippen LogP contribution is -2.31. The van der Waals surface area contributed by atoms with Crippen molar-refractivity contribution in [3.8, 4) is 0 Å². The van der Waals surface area contributed by atoms with Crippen LogP contribution in [-0.2, 0) is 27.4 Å². The number of carbonyl (C=O) groups excluding carboxylic acids is 1. The first kappa shape index (κ1) is 14.2. The highest BCUT2D eigenvalue weighted by molar-refractivity contribution is 5.78. The van der Waals surface area contributed by atoms with Crippen molar-refractivity contribution in [2.75, 3.05) is 19.8 Å². The van der Waals surface area contributed by atoms with E-state index in [0.717, 1.165) is 19.4 Å². The molecule has 0 radical (unpaired) electrons. The summed E-state index contributed by atoms with van der Waals surface area (Å²) in [5.74, 6) is 0.450. The number of nitrogens with one attached hydrogen (secondary N) is 1. The maximum atomic E-state index is 12.1. The first-order valence-corrected chi connectivity index (χ1v) is 7.19. The third-order valence-corrected chi connectivity index (χ3v) is 3.82. The van der Waals surface area contributed by atoms with Gasteiger partial charge in [-0.2, -0.15) is 0 Å². The smallest absolute Gasteiger partial charge is 0.256 e. The third-order valence-electron chi connectivity index (χ3n) is 3.82. The van der Waals surface area contributed by atoms with Crippen molar-refractivity contribution in [1.82, 2.24) is 14.9 Å². The van der Waals surface area contributed by atoms with Crippen LogP contribution >= 0.6 is 0 Å². The van der Waals surface area contributed by atoms with Crippen molar-refractivity contribution in [3.63, 3.8) is 0 Å². The summed E-state index contributed by atoms with van der Waals surface area (Å²) in [5, 5.41) is 0. The topological polar surface area (TPSA) is 84.5 Å². The highest BCUT2D eigenvalue weighted by atomic mass is 16.5. The van der Waals surface area contributed by atoms with Crippen LogP contribution in [0.15, 0.2) is 4.79 Å². The molecule has 3 heterocycles. The molecule has 0 aliphatic carbocycles. The van der Waals surface area contributed by atoms with Gasteiger partial charge >= 0.3 is 0 Å². The molecule has 2 aliphatic rings. The van der Waals surface area contributed by atoms with Gasteiger partial charge in [0.2, 0.25) is 5.91 Å². The molecule has 1 saturated heterocycles. The van der Waals surface area contributed by atoms with Gasteiger partial charge in [-0.3, -0.25) is 9.59 Å². The number of amides is 1. The standard InChI is InChI=1S/C14H19N3O4/c1-9-15-12-6-17(5-11(12)14(19)16-9)13(18)8-20-7-10-3-2-4-21-10/h10H,2-8H2,1H3,(H,15,16,19)/t10-/m1/s1. The Balaban J connectivity index is 1.53. The van der Waals surface area contributed by atoms with Crippen LogP contribution in [0, 0.1) is 6.92 Å². The quantitative estimate of drug-likeness (QED) is 0.852. The van der Waals surface area contributed by atoms with Crippen LogP contribution in [0.4, 0.5) is 0 Å². The molecule has 1 aromatic rings. The fourth-order valence-corrected chi connectivity index (χ4v) is 2.71. The second kappa shape index (κ2) is 5.95. The number of aromatic nitrogens is 2. The number of aryl methyl sites for hydroxylation is 1. The molecule has 1 amide bonds. The number of nitrogens with zero attached hydrogens (tertiary/aromatic N) is 2. The van der Waals surface area contributed by atoms with Crippen LogP contribution in [0.3, 0.4) is 0 Å². The summed E-state index contributed by atoms with van der Waals surface area (Å²) in [5.41, 5.74) is 1.10. The van der Waals surface area contributed by atoms with Crippen molar-refractivity contribution in [2.24, 2.45) is 0 Å².